The summed E-state index contributed by atoms with van der Waals surface area (Å²) >= 11 is 6.09. The van der Waals surface area contributed by atoms with Gasteiger partial charge in [-0.3, -0.25) is 4.79 Å². The Labute approximate surface area is 165 Å². The summed E-state index contributed by atoms with van der Waals surface area (Å²) in [6.45, 7) is 7.16. The van der Waals surface area contributed by atoms with Crippen molar-refractivity contribution in [3.63, 3.8) is 0 Å². The number of ether oxygens (including phenoxy) is 1. The first kappa shape index (κ1) is 20.9. The van der Waals surface area contributed by atoms with Gasteiger partial charge >= 0.3 is 5.97 Å². The van der Waals surface area contributed by atoms with Crippen LogP contribution in [0.3, 0.4) is 0 Å². The molecule has 2 atom stereocenters. The second-order valence-electron chi connectivity index (χ2n) is 6.55. The summed E-state index contributed by atoms with van der Waals surface area (Å²) in [6.07, 6.45) is 0.763. The summed E-state index contributed by atoms with van der Waals surface area (Å²) in [5, 5.41) is 3.05. The normalized spacial score (nSPS) is 12.9. The lowest BCUT2D eigenvalue weighted by molar-refractivity contribution is -0.129. The molecule has 2 rings (SSSR count). The lowest BCUT2D eigenvalue weighted by Gasteiger charge is -2.21. The maximum atomic E-state index is 12.6. The van der Waals surface area contributed by atoms with Crippen LogP contribution >= 0.6 is 11.6 Å². The van der Waals surface area contributed by atoms with Crippen LogP contribution < -0.4 is 5.32 Å². The van der Waals surface area contributed by atoms with Gasteiger partial charge in [-0.05, 0) is 44.4 Å². The molecule has 1 aromatic carbocycles. The SMILES string of the molecule is CCC[C@H](NC(=O)[C@H](C)OC(=O)c1c(C)cc(C)nc1Cl)c1ccccc1. The Kier molecular flexibility index (Phi) is 7.36. The molecule has 27 heavy (non-hydrogen) atoms. The highest BCUT2D eigenvalue weighted by atomic mass is 35.5. The zero-order valence-electron chi connectivity index (χ0n) is 16.1. The minimum atomic E-state index is -0.947. The summed E-state index contributed by atoms with van der Waals surface area (Å²) < 4.78 is 5.34. The third-order valence-corrected chi connectivity index (χ3v) is 4.53. The molecule has 6 heteroatoms. The summed E-state index contributed by atoms with van der Waals surface area (Å²) in [4.78, 5) is 29.1. The summed E-state index contributed by atoms with van der Waals surface area (Å²) in [5.41, 5.74) is 2.59. The second kappa shape index (κ2) is 9.51. The van der Waals surface area contributed by atoms with Crippen LogP contribution in [0.2, 0.25) is 5.15 Å². The van der Waals surface area contributed by atoms with Gasteiger partial charge in [0.15, 0.2) is 6.10 Å². The maximum absolute atomic E-state index is 12.6. The van der Waals surface area contributed by atoms with Crippen molar-refractivity contribution < 1.29 is 14.3 Å². The molecule has 2 aromatic rings. The highest BCUT2D eigenvalue weighted by molar-refractivity contribution is 6.32. The van der Waals surface area contributed by atoms with Gasteiger partial charge in [0.05, 0.1) is 11.6 Å². The van der Waals surface area contributed by atoms with Crippen LogP contribution in [0.4, 0.5) is 0 Å². The van der Waals surface area contributed by atoms with Crippen molar-refractivity contribution in [2.24, 2.45) is 0 Å². The minimum absolute atomic E-state index is 0.0817. The predicted octanol–water partition coefficient (Wildman–Crippen LogP) is 4.55. The van der Waals surface area contributed by atoms with Crippen LogP contribution in [-0.2, 0) is 9.53 Å². The van der Waals surface area contributed by atoms with E-state index in [0.29, 0.717) is 11.3 Å². The standard InChI is InChI=1S/C21H25ClN2O3/c1-5-9-17(16-10-7-6-8-11-16)24-20(25)15(4)27-21(26)18-13(2)12-14(3)23-19(18)22/h6-8,10-12,15,17H,5,9H2,1-4H3,(H,24,25)/t15-,17-/m0/s1. The number of carbonyl (C=O) groups is 2. The van der Waals surface area contributed by atoms with Crippen molar-refractivity contribution in [2.75, 3.05) is 0 Å². The number of aryl methyl sites for hydroxylation is 2. The lowest BCUT2D eigenvalue weighted by atomic mass is 10.0. The van der Waals surface area contributed by atoms with E-state index in [-0.39, 0.29) is 22.7 Å². The Morgan fingerprint density at radius 1 is 1.22 bits per heavy atom. The average Bonchev–Trinajstić information content (AvgIpc) is 2.61. The van der Waals surface area contributed by atoms with Crippen molar-refractivity contribution in [3.8, 4) is 0 Å². The van der Waals surface area contributed by atoms with Crippen LogP contribution in [0.1, 0.15) is 59.9 Å². The Morgan fingerprint density at radius 3 is 2.48 bits per heavy atom. The van der Waals surface area contributed by atoms with E-state index < -0.39 is 12.1 Å². The fraction of sp³-hybridized carbons (Fsp3) is 0.381. The summed E-state index contributed by atoms with van der Waals surface area (Å²) in [5.74, 6) is -1.00. The van der Waals surface area contributed by atoms with Crippen molar-refractivity contribution >= 4 is 23.5 Å². The quantitative estimate of drug-likeness (QED) is 0.557. The fourth-order valence-electron chi connectivity index (χ4n) is 2.89. The first-order valence-corrected chi connectivity index (χ1v) is 9.41. The van der Waals surface area contributed by atoms with E-state index in [1.807, 2.05) is 30.3 Å². The van der Waals surface area contributed by atoms with E-state index in [9.17, 15) is 9.59 Å². The number of hydrogen-bond acceptors (Lipinski definition) is 4. The number of benzene rings is 1. The number of aromatic nitrogens is 1. The largest absolute Gasteiger partial charge is 0.449 e. The molecule has 1 heterocycles. The molecule has 0 radical (unpaired) electrons. The van der Waals surface area contributed by atoms with Crippen LogP contribution in [0.25, 0.3) is 0 Å². The Balaban J connectivity index is 2.07. The lowest BCUT2D eigenvalue weighted by Crippen LogP contribution is -2.38. The van der Waals surface area contributed by atoms with Crippen molar-refractivity contribution in [1.82, 2.24) is 10.3 Å². The molecule has 0 saturated heterocycles. The Hall–Kier alpha value is -2.40. The van der Waals surface area contributed by atoms with Crippen molar-refractivity contribution in [1.29, 1.82) is 0 Å². The van der Waals surface area contributed by atoms with Gasteiger partial charge in [-0.15, -0.1) is 0 Å². The Bertz CT molecular complexity index is 785. The molecule has 0 fully saturated rings. The van der Waals surface area contributed by atoms with E-state index in [1.165, 1.54) is 0 Å². The molecule has 0 aliphatic carbocycles. The van der Waals surface area contributed by atoms with Crippen LogP contribution in [0.15, 0.2) is 36.4 Å². The monoisotopic (exact) mass is 388 g/mol. The molecule has 1 amide bonds. The first-order valence-electron chi connectivity index (χ1n) is 9.03. The molecule has 0 saturated carbocycles. The van der Waals surface area contributed by atoms with Gasteiger partial charge in [-0.25, -0.2) is 9.78 Å². The molecular weight excluding hydrogens is 364 g/mol. The van der Waals surface area contributed by atoms with E-state index in [2.05, 4.69) is 17.2 Å². The number of amides is 1. The number of pyridine rings is 1. The van der Waals surface area contributed by atoms with E-state index in [4.69, 9.17) is 16.3 Å². The van der Waals surface area contributed by atoms with E-state index >= 15 is 0 Å². The molecule has 144 valence electrons. The van der Waals surface area contributed by atoms with E-state index in [1.54, 1.807) is 26.8 Å². The van der Waals surface area contributed by atoms with Crippen LogP contribution in [0.5, 0.6) is 0 Å². The maximum Gasteiger partial charge on any atom is 0.342 e. The molecule has 0 unspecified atom stereocenters. The van der Waals surface area contributed by atoms with Gasteiger partial charge in [0.2, 0.25) is 0 Å². The summed E-state index contributed by atoms with van der Waals surface area (Å²) in [7, 11) is 0. The number of nitrogens with zero attached hydrogens (tertiary/aromatic N) is 1. The van der Waals surface area contributed by atoms with Gasteiger partial charge in [0.1, 0.15) is 5.15 Å². The zero-order valence-corrected chi connectivity index (χ0v) is 16.8. The molecule has 0 bridgehead atoms. The highest BCUT2D eigenvalue weighted by Gasteiger charge is 2.24. The van der Waals surface area contributed by atoms with Gasteiger partial charge in [-0.1, -0.05) is 55.3 Å². The van der Waals surface area contributed by atoms with Crippen molar-refractivity contribution in [2.45, 2.75) is 52.7 Å². The summed E-state index contributed by atoms with van der Waals surface area (Å²) in [6, 6.07) is 11.4. The van der Waals surface area contributed by atoms with Crippen LogP contribution in [-0.4, -0.2) is 23.0 Å². The number of halogens is 1. The second-order valence-corrected chi connectivity index (χ2v) is 6.91. The molecule has 0 aliphatic heterocycles. The molecule has 1 aromatic heterocycles. The highest BCUT2D eigenvalue weighted by Crippen LogP contribution is 2.21. The van der Waals surface area contributed by atoms with Crippen LogP contribution in [0, 0.1) is 13.8 Å². The molecule has 1 N–H and O–H groups in total. The third-order valence-electron chi connectivity index (χ3n) is 4.25. The third kappa shape index (κ3) is 5.54. The first-order chi connectivity index (χ1) is 12.8. The number of hydrogen-bond donors (Lipinski definition) is 1. The zero-order chi connectivity index (χ0) is 20.0. The number of carbonyl (C=O) groups excluding carboxylic acids is 2. The minimum Gasteiger partial charge on any atom is -0.449 e. The average molecular weight is 389 g/mol. The molecular formula is C21H25ClN2O3. The van der Waals surface area contributed by atoms with Gasteiger partial charge < -0.3 is 10.1 Å². The van der Waals surface area contributed by atoms with Gasteiger partial charge in [-0.2, -0.15) is 0 Å². The van der Waals surface area contributed by atoms with Crippen molar-refractivity contribution in [3.05, 3.63) is 63.9 Å². The van der Waals surface area contributed by atoms with Gasteiger partial charge in [0, 0.05) is 5.69 Å². The predicted molar refractivity (Wildman–Crippen MR) is 106 cm³/mol. The number of rotatable bonds is 7. The molecule has 0 spiro atoms. The number of nitrogens with one attached hydrogen (secondary N) is 1. The molecule has 5 nitrogen and oxygen atoms in total. The topological polar surface area (TPSA) is 68.3 Å². The van der Waals surface area contributed by atoms with Gasteiger partial charge in [0.25, 0.3) is 5.91 Å². The smallest absolute Gasteiger partial charge is 0.342 e. The molecule has 0 aliphatic rings. The number of esters is 1. The Morgan fingerprint density at radius 2 is 1.89 bits per heavy atom. The fourth-order valence-corrected chi connectivity index (χ4v) is 3.25. The van der Waals surface area contributed by atoms with E-state index in [0.717, 1.165) is 18.4 Å².